The van der Waals surface area contributed by atoms with Crippen LogP contribution in [0, 0.1) is 0 Å². The first-order valence-electron chi connectivity index (χ1n) is 6.86. The summed E-state index contributed by atoms with van der Waals surface area (Å²) < 4.78 is 5.47. The van der Waals surface area contributed by atoms with Gasteiger partial charge in [0.15, 0.2) is 5.17 Å². The Hall–Kier alpha value is -2.27. The van der Waals surface area contributed by atoms with Crippen molar-refractivity contribution in [3.8, 4) is 5.75 Å². The maximum atomic E-state index is 12.3. The van der Waals surface area contributed by atoms with E-state index in [4.69, 9.17) is 4.74 Å². The van der Waals surface area contributed by atoms with Crippen LogP contribution in [0.3, 0.4) is 0 Å². The van der Waals surface area contributed by atoms with Crippen molar-refractivity contribution in [3.05, 3.63) is 46.9 Å². The van der Waals surface area contributed by atoms with E-state index in [9.17, 15) is 4.79 Å². The fourth-order valence-electron chi connectivity index (χ4n) is 2.48. The van der Waals surface area contributed by atoms with Gasteiger partial charge in [-0.25, -0.2) is 0 Å². The third-order valence-electron chi connectivity index (χ3n) is 3.62. The molecule has 2 aromatic rings. The van der Waals surface area contributed by atoms with E-state index in [2.05, 4.69) is 4.99 Å². The highest BCUT2D eigenvalue weighted by Gasteiger charge is 2.30. The summed E-state index contributed by atoms with van der Waals surface area (Å²) in [6, 6.07) is 12.0. The van der Waals surface area contributed by atoms with Crippen molar-refractivity contribution in [2.75, 3.05) is 21.2 Å². The van der Waals surface area contributed by atoms with E-state index in [-0.39, 0.29) is 5.91 Å². The second-order valence-corrected chi connectivity index (χ2v) is 5.89. The first-order valence-corrected chi connectivity index (χ1v) is 7.67. The molecule has 0 aliphatic carbocycles. The Balaban J connectivity index is 2.18. The van der Waals surface area contributed by atoms with E-state index in [0.29, 0.717) is 10.1 Å². The molecule has 0 atom stereocenters. The number of hydrogen-bond donors (Lipinski definition) is 0. The maximum absolute atomic E-state index is 12.3. The molecule has 0 radical (unpaired) electrons. The smallest absolute Gasteiger partial charge is 0.266 e. The average Bonchev–Trinajstić information content (AvgIpc) is 2.83. The van der Waals surface area contributed by atoms with Gasteiger partial charge in [0.1, 0.15) is 5.75 Å². The minimum Gasteiger partial charge on any atom is -0.496 e. The van der Waals surface area contributed by atoms with Crippen LogP contribution in [-0.4, -0.2) is 37.2 Å². The molecule has 2 aromatic carbocycles. The summed E-state index contributed by atoms with van der Waals surface area (Å²) >= 11 is 1.38. The number of rotatable bonds is 2. The number of fused-ring (bicyclic) bond motifs is 1. The molecule has 0 saturated carbocycles. The van der Waals surface area contributed by atoms with Crippen LogP contribution >= 0.6 is 11.8 Å². The molecule has 1 amide bonds. The number of amides is 1. The predicted octanol–water partition coefficient (Wildman–Crippen LogP) is 3.38. The molecule has 1 saturated heterocycles. The molecule has 0 unspecified atom stereocenters. The van der Waals surface area contributed by atoms with Crippen molar-refractivity contribution in [1.82, 2.24) is 4.90 Å². The van der Waals surface area contributed by atoms with Crippen LogP contribution in [-0.2, 0) is 4.79 Å². The van der Waals surface area contributed by atoms with Crippen molar-refractivity contribution in [2.45, 2.75) is 0 Å². The second-order valence-electron chi connectivity index (χ2n) is 4.88. The van der Waals surface area contributed by atoms with E-state index < -0.39 is 0 Å². The van der Waals surface area contributed by atoms with Crippen LogP contribution in [0.25, 0.3) is 16.8 Å². The van der Waals surface area contributed by atoms with Crippen molar-refractivity contribution in [1.29, 1.82) is 0 Å². The number of nitrogens with zero attached hydrogens (tertiary/aromatic N) is 2. The summed E-state index contributed by atoms with van der Waals surface area (Å²) in [4.78, 5) is 18.7. The molecule has 0 aromatic heterocycles. The summed E-state index contributed by atoms with van der Waals surface area (Å²) in [7, 11) is 5.06. The number of likely N-dealkylation sites (N-methyl/N-ethyl adjacent to an activating group) is 1. The van der Waals surface area contributed by atoms with Gasteiger partial charge < -0.3 is 4.74 Å². The van der Waals surface area contributed by atoms with Gasteiger partial charge in [0.25, 0.3) is 5.91 Å². The van der Waals surface area contributed by atoms with Gasteiger partial charge in [-0.15, -0.1) is 0 Å². The monoisotopic (exact) mass is 312 g/mol. The van der Waals surface area contributed by atoms with Gasteiger partial charge in [-0.05, 0) is 34.7 Å². The number of thioether (sulfide) groups is 1. The molecule has 1 aliphatic rings. The standard InChI is InChI=1S/C17H16N2O2S/c1-18-17-19(2)16(20)15(22-17)10-13-12-7-5-4-6-11(12)8-9-14(13)21-3/h4-10H,1-3H3/b15-10-,18-17?. The summed E-state index contributed by atoms with van der Waals surface area (Å²) in [5, 5.41) is 2.88. The lowest BCUT2D eigenvalue weighted by Gasteiger charge is -2.09. The topological polar surface area (TPSA) is 41.9 Å². The van der Waals surface area contributed by atoms with Gasteiger partial charge >= 0.3 is 0 Å². The van der Waals surface area contributed by atoms with Gasteiger partial charge in [0.2, 0.25) is 0 Å². The Kier molecular flexibility index (Phi) is 3.90. The third kappa shape index (κ3) is 2.37. The summed E-state index contributed by atoms with van der Waals surface area (Å²) in [6.07, 6.45) is 1.89. The molecule has 5 heteroatoms. The van der Waals surface area contributed by atoms with E-state index in [1.165, 1.54) is 11.8 Å². The lowest BCUT2D eigenvalue weighted by molar-refractivity contribution is -0.121. The number of amidine groups is 1. The highest BCUT2D eigenvalue weighted by Crippen LogP contribution is 2.36. The number of ether oxygens (including phenoxy) is 1. The zero-order valence-corrected chi connectivity index (χ0v) is 13.5. The minimum atomic E-state index is -0.0411. The third-order valence-corrected chi connectivity index (χ3v) is 4.77. The van der Waals surface area contributed by atoms with Gasteiger partial charge in [-0.3, -0.25) is 14.7 Å². The second kappa shape index (κ2) is 5.85. The molecule has 0 N–H and O–H groups in total. The zero-order valence-electron chi connectivity index (χ0n) is 12.7. The summed E-state index contributed by atoms with van der Waals surface area (Å²) in [6.45, 7) is 0. The number of methoxy groups -OCH3 is 1. The first-order chi connectivity index (χ1) is 10.7. The molecular weight excluding hydrogens is 296 g/mol. The van der Waals surface area contributed by atoms with Crippen LogP contribution in [0.5, 0.6) is 5.75 Å². The molecule has 0 spiro atoms. The van der Waals surface area contributed by atoms with Crippen LogP contribution in [0.15, 0.2) is 46.3 Å². The van der Waals surface area contributed by atoms with Crippen molar-refractivity contribution < 1.29 is 9.53 Å². The summed E-state index contributed by atoms with van der Waals surface area (Å²) in [5.74, 6) is 0.713. The normalized spacial score (nSPS) is 18.7. The fraction of sp³-hybridized carbons (Fsp3) is 0.176. The van der Waals surface area contributed by atoms with E-state index >= 15 is 0 Å². The number of benzene rings is 2. The highest BCUT2D eigenvalue weighted by atomic mass is 32.2. The molecule has 22 heavy (non-hydrogen) atoms. The van der Waals surface area contributed by atoms with Gasteiger partial charge in [0, 0.05) is 19.7 Å². The molecule has 1 heterocycles. The number of hydrogen-bond acceptors (Lipinski definition) is 4. The average molecular weight is 312 g/mol. The van der Waals surface area contributed by atoms with Crippen molar-refractivity contribution in [2.24, 2.45) is 4.99 Å². The largest absolute Gasteiger partial charge is 0.496 e. The quantitative estimate of drug-likeness (QED) is 0.798. The summed E-state index contributed by atoms with van der Waals surface area (Å²) in [5.41, 5.74) is 0.919. The highest BCUT2D eigenvalue weighted by molar-refractivity contribution is 8.18. The maximum Gasteiger partial charge on any atom is 0.266 e. The zero-order chi connectivity index (χ0) is 15.7. The van der Waals surface area contributed by atoms with Crippen LogP contribution in [0.1, 0.15) is 5.56 Å². The molecule has 1 fully saturated rings. The van der Waals surface area contributed by atoms with E-state index in [0.717, 1.165) is 22.1 Å². The van der Waals surface area contributed by atoms with Crippen LogP contribution < -0.4 is 4.74 Å². The Morgan fingerprint density at radius 2 is 2.00 bits per heavy atom. The first kappa shape index (κ1) is 14.7. The minimum absolute atomic E-state index is 0.0411. The molecular formula is C17H16N2O2S. The lowest BCUT2D eigenvalue weighted by atomic mass is 10.0. The van der Waals surface area contributed by atoms with E-state index in [1.807, 2.05) is 42.5 Å². The van der Waals surface area contributed by atoms with Gasteiger partial charge in [-0.2, -0.15) is 0 Å². The predicted molar refractivity (Wildman–Crippen MR) is 92.2 cm³/mol. The number of aliphatic imine (C=N–C) groups is 1. The molecule has 3 rings (SSSR count). The lowest BCUT2D eigenvalue weighted by Crippen LogP contribution is -2.23. The molecule has 112 valence electrons. The number of carbonyl (C=O) groups excluding carboxylic acids is 1. The Morgan fingerprint density at radius 1 is 1.23 bits per heavy atom. The van der Waals surface area contributed by atoms with Gasteiger partial charge in [0.05, 0.1) is 12.0 Å². The Bertz CT molecular complexity index is 811. The van der Waals surface area contributed by atoms with Crippen LogP contribution in [0.2, 0.25) is 0 Å². The molecule has 4 nitrogen and oxygen atoms in total. The fourth-order valence-corrected chi connectivity index (χ4v) is 3.39. The van der Waals surface area contributed by atoms with Crippen molar-refractivity contribution >= 4 is 39.7 Å². The molecule has 1 aliphatic heterocycles. The Morgan fingerprint density at radius 3 is 2.68 bits per heavy atom. The van der Waals surface area contributed by atoms with E-state index in [1.54, 1.807) is 26.1 Å². The van der Waals surface area contributed by atoms with Crippen LogP contribution in [0.4, 0.5) is 0 Å². The molecule has 0 bridgehead atoms. The Labute approximate surface area is 133 Å². The van der Waals surface area contributed by atoms with Gasteiger partial charge in [-0.1, -0.05) is 30.3 Å². The SMILES string of the molecule is CN=C1S/C(=C\c2c(OC)ccc3ccccc23)C(=O)N1C. The number of carbonyl (C=O) groups is 1. The van der Waals surface area contributed by atoms with Crippen molar-refractivity contribution in [3.63, 3.8) is 0 Å².